The molecule has 0 aromatic rings. The predicted molar refractivity (Wildman–Crippen MR) is 190 cm³/mol. The summed E-state index contributed by atoms with van der Waals surface area (Å²) in [6, 6.07) is 0. The highest BCUT2D eigenvalue weighted by Crippen LogP contribution is 2.20. The van der Waals surface area contributed by atoms with Gasteiger partial charge in [0.25, 0.3) is 0 Å². The van der Waals surface area contributed by atoms with Crippen LogP contribution in [0.15, 0.2) is 12.3 Å². The number of unbranched alkanes of at least 4 members (excludes halogenated alkanes) is 13. The number of aliphatic hydroxyl groups is 1. The van der Waals surface area contributed by atoms with E-state index in [1.165, 1.54) is 38.5 Å². The molecule has 0 aliphatic rings. The number of allylic oxidation sites excluding steroid dienone is 1. The monoisotopic (exact) mass is 638 g/mol. The van der Waals surface area contributed by atoms with Crippen LogP contribution < -0.4 is 0 Å². The van der Waals surface area contributed by atoms with Gasteiger partial charge in [-0.3, -0.25) is 9.59 Å². The summed E-state index contributed by atoms with van der Waals surface area (Å²) in [4.78, 5) is 27.6. The third kappa shape index (κ3) is 27.3. The van der Waals surface area contributed by atoms with E-state index in [4.69, 9.17) is 9.47 Å². The van der Waals surface area contributed by atoms with Crippen molar-refractivity contribution in [2.75, 3.05) is 32.9 Å². The van der Waals surface area contributed by atoms with Crippen LogP contribution in [0.25, 0.3) is 0 Å². The van der Waals surface area contributed by atoms with Crippen LogP contribution in [0.4, 0.5) is 0 Å². The van der Waals surface area contributed by atoms with Crippen LogP contribution in [0.2, 0.25) is 0 Å². The molecule has 1 N–H and O–H groups in total. The van der Waals surface area contributed by atoms with Crippen molar-refractivity contribution in [3.8, 4) is 0 Å². The largest absolute Gasteiger partial charge is 0.465 e. The summed E-state index contributed by atoms with van der Waals surface area (Å²) >= 11 is 0. The molecular formula is C39H75NO5. The molecule has 2 atom stereocenters. The summed E-state index contributed by atoms with van der Waals surface area (Å²) in [5.74, 6) is 0.187. The topological polar surface area (TPSA) is 76.1 Å². The minimum atomic E-state index is 0.0119. The van der Waals surface area contributed by atoms with Gasteiger partial charge in [-0.1, -0.05) is 117 Å². The quantitative estimate of drug-likeness (QED) is 0.0559. The van der Waals surface area contributed by atoms with Crippen LogP contribution in [-0.4, -0.2) is 54.9 Å². The summed E-state index contributed by atoms with van der Waals surface area (Å²) in [6.45, 7) is 11.9. The molecule has 6 nitrogen and oxygen atoms in total. The number of hydrogen-bond acceptors (Lipinski definition) is 6. The van der Waals surface area contributed by atoms with Gasteiger partial charge in [0.15, 0.2) is 0 Å². The molecule has 0 aromatic carbocycles. The van der Waals surface area contributed by atoms with Gasteiger partial charge in [0.2, 0.25) is 0 Å². The van der Waals surface area contributed by atoms with Gasteiger partial charge in [-0.15, -0.1) is 0 Å². The highest BCUT2D eigenvalue weighted by molar-refractivity contribution is 5.72. The molecule has 0 spiro atoms. The zero-order chi connectivity index (χ0) is 33.2. The minimum Gasteiger partial charge on any atom is -0.465 e. The van der Waals surface area contributed by atoms with E-state index in [-0.39, 0.29) is 30.4 Å². The lowest BCUT2D eigenvalue weighted by Gasteiger charge is -2.20. The molecule has 6 heteroatoms. The summed E-state index contributed by atoms with van der Waals surface area (Å²) < 4.78 is 11.3. The average Bonchev–Trinajstić information content (AvgIpc) is 3.04. The SMILES string of the molecule is CCCCCCC(CCCC)C(=O)OCCCC/C=C/N(CCCO)CCCCCCOC(=O)C(CCCC)CCCCCC. The lowest BCUT2D eigenvalue weighted by Crippen LogP contribution is -2.21. The lowest BCUT2D eigenvalue weighted by atomic mass is 9.95. The molecule has 2 unspecified atom stereocenters. The second-order valence-corrected chi connectivity index (χ2v) is 13.1. The fourth-order valence-corrected chi connectivity index (χ4v) is 5.77. The van der Waals surface area contributed by atoms with Crippen molar-refractivity contribution in [3.63, 3.8) is 0 Å². The fraction of sp³-hybridized carbons (Fsp3) is 0.897. The van der Waals surface area contributed by atoms with Gasteiger partial charge in [-0.2, -0.15) is 0 Å². The molecule has 0 radical (unpaired) electrons. The van der Waals surface area contributed by atoms with Crippen LogP contribution >= 0.6 is 0 Å². The zero-order valence-electron chi connectivity index (χ0n) is 30.3. The van der Waals surface area contributed by atoms with Crippen molar-refractivity contribution >= 4 is 11.9 Å². The molecular weight excluding hydrogens is 562 g/mol. The molecule has 0 heterocycles. The Morgan fingerprint density at radius 2 is 1.00 bits per heavy atom. The summed E-state index contributed by atoms with van der Waals surface area (Å²) in [7, 11) is 0. The van der Waals surface area contributed by atoms with Gasteiger partial charge in [0, 0.05) is 19.7 Å². The van der Waals surface area contributed by atoms with E-state index in [1.54, 1.807) is 0 Å². The van der Waals surface area contributed by atoms with E-state index in [0.29, 0.717) is 13.2 Å². The van der Waals surface area contributed by atoms with Crippen molar-refractivity contribution in [2.45, 2.75) is 182 Å². The molecule has 0 saturated carbocycles. The molecule has 0 amide bonds. The highest BCUT2D eigenvalue weighted by atomic mass is 16.5. The maximum absolute atomic E-state index is 12.6. The number of carbonyl (C=O) groups is 2. The van der Waals surface area contributed by atoms with Gasteiger partial charge in [-0.25, -0.2) is 0 Å². The van der Waals surface area contributed by atoms with E-state index in [0.717, 1.165) is 129 Å². The molecule has 0 fully saturated rings. The summed E-state index contributed by atoms with van der Waals surface area (Å²) in [5, 5.41) is 9.33. The number of ether oxygens (including phenoxy) is 2. The Kier molecular flexibility index (Phi) is 32.6. The molecule has 0 bridgehead atoms. The normalized spacial score (nSPS) is 12.8. The van der Waals surface area contributed by atoms with Crippen LogP contribution in [-0.2, 0) is 19.1 Å². The Hall–Kier alpha value is -1.56. The number of nitrogens with zero attached hydrogens (tertiary/aromatic N) is 1. The van der Waals surface area contributed by atoms with Crippen molar-refractivity contribution in [1.82, 2.24) is 4.90 Å². The number of rotatable bonds is 34. The van der Waals surface area contributed by atoms with Crippen molar-refractivity contribution in [1.29, 1.82) is 0 Å². The van der Waals surface area contributed by atoms with Crippen molar-refractivity contribution in [3.05, 3.63) is 12.3 Å². The molecule has 0 saturated heterocycles. The molecule has 266 valence electrons. The Bertz CT molecular complexity index is 682. The first kappa shape index (κ1) is 43.4. The molecule has 45 heavy (non-hydrogen) atoms. The van der Waals surface area contributed by atoms with Crippen molar-refractivity contribution < 1.29 is 24.2 Å². The highest BCUT2D eigenvalue weighted by Gasteiger charge is 2.20. The van der Waals surface area contributed by atoms with E-state index in [9.17, 15) is 14.7 Å². The first-order valence-corrected chi connectivity index (χ1v) is 19.4. The number of carbonyl (C=O) groups excluding carboxylic acids is 2. The second kappa shape index (κ2) is 33.8. The van der Waals surface area contributed by atoms with Crippen LogP contribution in [0.3, 0.4) is 0 Å². The van der Waals surface area contributed by atoms with Gasteiger partial charge < -0.3 is 19.5 Å². The van der Waals surface area contributed by atoms with Gasteiger partial charge in [-0.05, 0) is 76.8 Å². The Morgan fingerprint density at radius 1 is 0.556 bits per heavy atom. The molecule has 0 aliphatic heterocycles. The number of hydrogen-bond donors (Lipinski definition) is 1. The smallest absolute Gasteiger partial charge is 0.308 e. The number of aliphatic hydroxyl groups excluding tert-OH is 1. The van der Waals surface area contributed by atoms with Gasteiger partial charge in [0.05, 0.1) is 25.0 Å². The minimum absolute atomic E-state index is 0.0119. The average molecular weight is 638 g/mol. The summed E-state index contributed by atoms with van der Waals surface area (Å²) in [6.07, 6.45) is 30.2. The second-order valence-electron chi connectivity index (χ2n) is 13.1. The number of esters is 2. The molecule has 0 aliphatic carbocycles. The third-order valence-corrected chi connectivity index (χ3v) is 8.80. The van der Waals surface area contributed by atoms with E-state index >= 15 is 0 Å². The molecule has 0 aromatic heterocycles. The Morgan fingerprint density at radius 3 is 1.51 bits per heavy atom. The van der Waals surface area contributed by atoms with Crippen LogP contribution in [0, 0.1) is 11.8 Å². The molecule has 0 rings (SSSR count). The summed E-state index contributed by atoms with van der Waals surface area (Å²) in [5.41, 5.74) is 0. The van der Waals surface area contributed by atoms with Gasteiger partial charge >= 0.3 is 11.9 Å². The fourth-order valence-electron chi connectivity index (χ4n) is 5.77. The third-order valence-electron chi connectivity index (χ3n) is 8.80. The standard InChI is InChI=1S/C39H75NO5/c1-5-9-13-19-28-36(26-11-7-3)38(42)44-34-23-17-15-21-30-40(32-25-33-41)31-22-16-18-24-35-45-39(43)37(27-12-8-4)29-20-14-10-6-2/h21,30,36-37,41H,5-20,22-29,31-35H2,1-4H3/b30-21+. The maximum atomic E-state index is 12.6. The van der Waals surface area contributed by atoms with Gasteiger partial charge in [0.1, 0.15) is 0 Å². The van der Waals surface area contributed by atoms with Crippen LogP contribution in [0.1, 0.15) is 182 Å². The zero-order valence-corrected chi connectivity index (χ0v) is 30.3. The van der Waals surface area contributed by atoms with E-state index < -0.39 is 0 Å². The first-order chi connectivity index (χ1) is 22.0. The van der Waals surface area contributed by atoms with E-state index in [1.807, 2.05) is 0 Å². The van der Waals surface area contributed by atoms with E-state index in [2.05, 4.69) is 44.9 Å². The first-order valence-electron chi connectivity index (χ1n) is 19.4. The Balaban J connectivity index is 4.22. The predicted octanol–water partition coefficient (Wildman–Crippen LogP) is 10.6. The lowest BCUT2D eigenvalue weighted by molar-refractivity contribution is -0.150. The van der Waals surface area contributed by atoms with Crippen molar-refractivity contribution in [2.24, 2.45) is 11.8 Å². The maximum Gasteiger partial charge on any atom is 0.308 e. The van der Waals surface area contributed by atoms with Crippen LogP contribution in [0.5, 0.6) is 0 Å². The Labute approximate surface area is 279 Å².